The third kappa shape index (κ3) is 4.60. The lowest BCUT2D eigenvalue weighted by molar-refractivity contribution is -0.120. The Bertz CT molecular complexity index is 475. The van der Waals surface area contributed by atoms with Gasteiger partial charge in [-0.3, -0.25) is 4.79 Å². The van der Waals surface area contributed by atoms with Gasteiger partial charge in [-0.05, 0) is 31.4 Å². The van der Waals surface area contributed by atoms with E-state index in [0.29, 0.717) is 16.7 Å². The van der Waals surface area contributed by atoms with Crippen LogP contribution in [-0.2, 0) is 4.79 Å². The molecule has 0 saturated carbocycles. The summed E-state index contributed by atoms with van der Waals surface area (Å²) in [6.45, 7) is 8.26. The normalized spacial score (nSPS) is 12.2. The fraction of sp³-hybridized carbons (Fsp3) is 0.533. The van der Waals surface area contributed by atoms with E-state index >= 15 is 0 Å². The molecular weight excluding hydrogens is 276 g/mol. The summed E-state index contributed by atoms with van der Waals surface area (Å²) in [5.41, 5.74) is 1.70. The molecular formula is C15H23ClN2O2. The fourth-order valence-electron chi connectivity index (χ4n) is 1.62. The lowest BCUT2D eigenvalue weighted by Crippen LogP contribution is -2.39. The Morgan fingerprint density at radius 3 is 2.55 bits per heavy atom. The highest BCUT2D eigenvalue weighted by Crippen LogP contribution is 2.30. The molecule has 2 N–H and O–H groups in total. The number of hydrogen-bond donors (Lipinski definition) is 2. The van der Waals surface area contributed by atoms with Crippen LogP contribution < -0.4 is 15.4 Å². The highest BCUT2D eigenvalue weighted by atomic mass is 35.5. The predicted octanol–water partition coefficient (Wildman–Crippen LogP) is 3.23. The van der Waals surface area contributed by atoms with Gasteiger partial charge in [0.05, 0.1) is 19.3 Å². The van der Waals surface area contributed by atoms with Crippen LogP contribution in [0.25, 0.3) is 0 Å². The number of ether oxygens (including phenoxy) is 1. The first-order valence-corrected chi connectivity index (χ1v) is 7.10. The molecule has 0 saturated heterocycles. The standard InChI is InChI=1S/C15H23ClN2O2/c1-9(2)11(4)18-15(19)8-17-13-6-10(3)12(16)7-14(13)20-5/h6-7,9,11,17H,8H2,1-5H3,(H,18,19). The molecule has 0 fully saturated rings. The molecule has 4 nitrogen and oxygen atoms in total. The second kappa shape index (κ2) is 7.39. The van der Waals surface area contributed by atoms with Crippen LogP contribution in [0, 0.1) is 12.8 Å². The number of amides is 1. The Hall–Kier alpha value is -1.42. The molecule has 5 heteroatoms. The van der Waals surface area contributed by atoms with Gasteiger partial charge >= 0.3 is 0 Å². The molecule has 0 bridgehead atoms. The Labute approximate surface area is 125 Å². The van der Waals surface area contributed by atoms with Crippen LogP contribution in [0.1, 0.15) is 26.3 Å². The highest BCUT2D eigenvalue weighted by molar-refractivity contribution is 6.31. The quantitative estimate of drug-likeness (QED) is 0.848. The maximum Gasteiger partial charge on any atom is 0.239 e. The number of hydrogen-bond acceptors (Lipinski definition) is 3. The first-order valence-electron chi connectivity index (χ1n) is 6.72. The molecule has 1 unspecified atom stereocenters. The van der Waals surface area contributed by atoms with Gasteiger partial charge in [0.15, 0.2) is 0 Å². The van der Waals surface area contributed by atoms with Crippen molar-refractivity contribution in [1.29, 1.82) is 0 Å². The fourth-order valence-corrected chi connectivity index (χ4v) is 1.77. The maximum atomic E-state index is 11.8. The number of benzene rings is 1. The van der Waals surface area contributed by atoms with Crippen molar-refractivity contribution in [2.45, 2.75) is 33.7 Å². The van der Waals surface area contributed by atoms with Gasteiger partial charge in [-0.15, -0.1) is 0 Å². The van der Waals surface area contributed by atoms with Crippen molar-refractivity contribution in [1.82, 2.24) is 5.32 Å². The highest BCUT2D eigenvalue weighted by Gasteiger charge is 2.12. The third-order valence-electron chi connectivity index (χ3n) is 3.31. The van der Waals surface area contributed by atoms with Crippen LogP contribution in [0.15, 0.2) is 12.1 Å². The molecule has 1 aromatic carbocycles. The van der Waals surface area contributed by atoms with Crippen LogP contribution in [0.2, 0.25) is 5.02 Å². The van der Waals surface area contributed by atoms with Gasteiger partial charge in [-0.2, -0.15) is 0 Å². The zero-order valence-electron chi connectivity index (χ0n) is 12.7. The van der Waals surface area contributed by atoms with Crippen molar-refractivity contribution in [3.8, 4) is 5.75 Å². The maximum absolute atomic E-state index is 11.8. The zero-order valence-corrected chi connectivity index (χ0v) is 13.5. The van der Waals surface area contributed by atoms with Gasteiger partial charge < -0.3 is 15.4 Å². The monoisotopic (exact) mass is 298 g/mol. The molecule has 0 aliphatic rings. The lowest BCUT2D eigenvalue weighted by Gasteiger charge is -2.18. The van der Waals surface area contributed by atoms with Crippen molar-refractivity contribution < 1.29 is 9.53 Å². The van der Waals surface area contributed by atoms with E-state index in [4.69, 9.17) is 16.3 Å². The van der Waals surface area contributed by atoms with Gasteiger partial charge in [0.25, 0.3) is 0 Å². The van der Waals surface area contributed by atoms with Gasteiger partial charge in [0, 0.05) is 17.1 Å². The van der Waals surface area contributed by atoms with E-state index in [0.717, 1.165) is 11.3 Å². The van der Waals surface area contributed by atoms with Crippen LogP contribution >= 0.6 is 11.6 Å². The van der Waals surface area contributed by atoms with Crippen LogP contribution in [-0.4, -0.2) is 25.6 Å². The van der Waals surface area contributed by atoms with Crippen LogP contribution in [0.3, 0.4) is 0 Å². The van der Waals surface area contributed by atoms with E-state index in [-0.39, 0.29) is 18.5 Å². The molecule has 0 aliphatic heterocycles. The molecule has 0 radical (unpaired) electrons. The number of methoxy groups -OCH3 is 1. The second-order valence-electron chi connectivity index (χ2n) is 5.26. The largest absolute Gasteiger partial charge is 0.495 e. The molecule has 1 rings (SSSR count). The molecule has 0 heterocycles. The average Bonchev–Trinajstić information content (AvgIpc) is 2.39. The summed E-state index contributed by atoms with van der Waals surface area (Å²) in [6.07, 6.45) is 0. The number of anilines is 1. The van der Waals surface area contributed by atoms with E-state index in [9.17, 15) is 4.79 Å². The number of carbonyl (C=O) groups is 1. The molecule has 1 atom stereocenters. The smallest absolute Gasteiger partial charge is 0.239 e. The van der Waals surface area contributed by atoms with Gasteiger partial charge in [-0.1, -0.05) is 25.4 Å². The number of nitrogens with one attached hydrogen (secondary N) is 2. The Morgan fingerprint density at radius 2 is 2.00 bits per heavy atom. The Morgan fingerprint density at radius 1 is 1.35 bits per heavy atom. The summed E-state index contributed by atoms with van der Waals surface area (Å²) in [4.78, 5) is 11.8. The molecule has 1 aromatic rings. The van der Waals surface area contributed by atoms with Gasteiger partial charge in [-0.25, -0.2) is 0 Å². The van der Waals surface area contributed by atoms with Crippen molar-refractivity contribution in [2.75, 3.05) is 19.0 Å². The van der Waals surface area contributed by atoms with Crippen molar-refractivity contribution >= 4 is 23.2 Å². The van der Waals surface area contributed by atoms with Crippen molar-refractivity contribution in [3.05, 3.63) is 22.7 Å². The summed E-state index contributed by atoms with van der Waals surface area (Å²) in [5, 5.41) is 6.67. The lowest BCUT2D eigenvalue weighted by atomic mass is 10.1. The van der Waals surface area contributed by atoms with E-state index in [1.165, 1.54) is 0 Å². The number of halogens is 1. The van der Waals surface area contributed by atoms with Crippen LogP contribution in [0.4, 0.5) is 5.69 Å². The van der Waals surface area contributed by atoms with Crippen LogP contribution in [0.5, 0.6) is 5.75 Å². The molecule has 20 heavy (non-hydrogen) atoms. The molecule has 0 spiro atoms. The Balaban J connectivity index is 2.66. The zero-order chi connectivity index (χ0) is 15.3. The summed E-state index contributed by atoms with van der Waals surface area (Å²) in [5.74, 6) is 0.998. The minimum absolute atomic E-state index is 0.0409. The number of aryl methyl sites for hydroxylation is 1. The average molecular weight is 299 g/mol. The second-order valence-corrected chi connectivity index (χ2v) is 5.66. The molecule has 0 aliphatic carbocycles. The van der Waals surface area contributed by atoms with E-state index in [1.807, 2.05) is 19.9 Å². The SMILES string of the molecule is COc1cc(Cl)c(C)cc1NCC(=O)NC(C)C(C)C. The first-order chi connectivity index (χ1) is 9.35. The minimum Gasteiger partial charge on any atom is -0.495 e. The number of rotatable bonds is 6. The molecule has 1 amide bonds. The summed E-state index contributed by atoms with van der Waals surface area (Å²) < 4.78 is 5.25. The summed E-state index contributed by atoms with van der Waals surface area (Å²) >= 11 is 6.04. The molecule has 0 aromatic heterocycles. The van der Waals surface area contributed by atoms with E-state index < -0.39 is 0 Å². The van der Waals surface area contributed by atoms with E-state index in [2.05, 4.69) is 24.5 Å². The third-order valence-corrected chi connectivity index (χ3v) is 3.72. The van der Waals surface area contributed by atoms with Crippen molar-refractivity contribution in [2.24, 2.45) is 5.92 Å². The minimum atomic E-state index is -0.0409. The predicted molar refractivity (Wildman–Crippen MR) is 83.7 cm³/mol. The summed E-state index contributed by atoms with van der Waals surface area (Å²) in [7, 11) is 1.58. The van der Waals surface area contributed by atoms with Crippen molar-refractivity contribution in [3.63, 3.8) is 0 Å². The molecule has 112 valence electrons. The topological polar surface area (TPSA) is 50.4 Å². The number of carbonyl (C=O) groups excluding carboxylic acids is 1. The summed E-state index contributed by atoms with van der Waals surface area (Å²) in [6, 6.07) is 3.77. The van der Waals surface area contributed by atoms with Gasteiger partial charge in [0.2, 0.25) is 5.91 Å². The van der Waals surface area contributed by atoms with E-state index in [1.54, 1.807) is 13.2 Å². The van der Waals surface area contributed by atoms with Gasteiger partial charge in [0.1, 0.15) is 5.75 Å². The first kappa shape index (κ1) is 16.6. The Kier molecular flexibility index (Phi) is 6.14.